The number of thiophene rings is 1. The number of fused-ring (bicyclic) bond motifs is 1. The van der Waals surface area contributed by atoms with Crippen molar-refractivity contribution in [2.75, 3.05) is 5.32 Å². The van der Waals surface area contributed by atoms with Gasteiger partial charge in [0.2, 0.25) is 0 Å². The molecule has 0 saturated carbocycles. The number of urea groups is 1. The third-order valence-electron chi connectivity index (χ3n) is 5.84. The van der Waals surface area contributed by atoms with Gasteiger partial charge < -0.3 is 14.6 Å². The van der Waals surface area contributed by atoms with Crippen molar-refractivity contribution in [3.63, 3.8) is 0 Å². The second-order valence-corrected chi connectivity index (χ2v) is 9.99. The number of nitrogens with zero attached hydrogens (tertiary/aromatic N) is 1. The highest BCUT2D eigenvalue weighted by Gasteiger charge is 2.24. The molecule has 0 saturated heterocycles. The molecule has 0 aliphatic carbocycles. The van der Waals surface area contributed by atoms with E-state index in [2.05, 4.69) is 5.32 Å². The summed E-state index contributed by atoms with van der Waals surface area (Å²) in [6, 6.07) is 17.0. The summed E-state index contributed by atoms with van der Waals surface area (Å²) < 4.78 is 48.2. The minimum absolute atomic E-state index is 0.000145. The number of anilines is 1. The van der Waals surface area contributed by atoms with Crippen LogP contribution in [0.25, 0.3) is 22.1 Å². The Morgan fingerprint density at radius 3 is 2.41 bits per heavy atom. The lowest BCUT2D eigenvalue weighted by atomic mass is 10.0. The molecule has 0 bridgehead atoms. The lowest BCUT2D eigenvalue weighted by Crippen LogP contribution is -2.34. The number of halogens is 4. The molecule has 5 aromatic rings. The van der Waals surface area contributed by atoms with Crippen LogP contribution in [-0.2, 0) is 13.1 Å². The number of furan rings is 1. The number of aryl methyl sites for hydroxylation is 1. The number of carbonyl (C=O) groups is 1. The highest BCUT2D eigenvalue weighted by atomic mass is 35.5. The predicted octanol–water partition coefficient (Wildman–Crippen LogP) is 8.77. The van der Waals surface area contributed by atoms with Crippen LogP contribution < -0.4 is 5.32 Å². The first-order valence-corrected chi connectivity index (χ1v) is 12.5. The summed E-state index contributed by atoms with van der Waals surface area (Å²) in [7, 11) is 0. The van der Waals surface area contributed by atoms with Gasteiger partial charge in [-0.05, 0) is 48.2 Å². The molecule has 2 heterocycles. The average Bonchev–Trinajstić information content (AvgIpc) is 3.49. The van der Waals surface area contributed by atoms with Crippen molar-refractivity contribution in [3.8, 4) is 11.1 Å². The Morgan fingerprint density at radius 1 is 1.00 bits per heavy atom. The van der Waals surface area contributed by atoms with E-state index in [1.54, 1.807) is 12.1 Å². The molecule has 0 atom stereocenters. The normalized spacial score (nSPS) is 11.2. The van der Waals surface area contributed by atoms with Crippen molar-refractivity contribution < 1.29 is 22.4 Å². The molecule has 188 valence electrons. The molecule has 5 rings (SSSR count). The maximum Gasteiger partial charge on any atom is 0.322 e. The van der Waals surface area contributed by atoms with Crippen LogP contribution in [0.15, 0.2) is 76.5 Å². The average molecular weight is 541 g/mol. The number of amides is 2. The lowest BCUT2D eigenvalue weighted by Gasteiger charge is -2.22. The first-order valence-electron chi connectivity index (χ1n) is 11.3. The smallest absolute Gasteiger partial charge is 0.322 e. The molecule has 0 aliphatic heterocycles. The second kappa shape index (κ2) is 10.3. The molecule has 3 aromatic carbocycles. The summed E-state index contributed by atoms with van der Waals surface area (Å²) in [5.41, 5.74) is 2.58. The molecular formula is C28H20ClF3N2O2S. The van der Waals surface area contributed by atoms with E-state index in [-0.39, 0.29) is 13.1 Å². The minimum atomic E-state index is -1.21. The Labute approximate surface area is 219 Å². The number of hydrogen-bond acceptors (Lipinski definition) is 3. The Morgan fingerprint density at radius 2 is 1.73 bits per heavy atom. The molecule has 0 aliphatic rings. The molecule has 2 amide bonds. The van der Waals surface area contributed by atoms with E-state index in [9.17, 15) is 18.0 Å². The monoisotopic (exact) mass is 540 g/mol. The molecule has 1 N–H and O–H groups in total. The second-order valence-electron chi connectivity index (χ2n) is 8.52. The zero-order valence-corrected chi connectivity index (χ0v) is 21.1. The first-order chi connectivity index (χ1) is 17.8. The zero-order chi connectivity index (χ0) is 26.1. The van der Waals surface area contributed by atoms with Gasteiger partial charge >= 0.3 is 6.03 Å². The lowest BCUT2D eigenvalue weighted by molar-refractivity contribution is 0.202. The van der Waals surface area contributed by atoms with E-state index in [0.29, 0.717) is 28.5 Å². The van der Waals surface area contributed by atoms with Crippen molar-refractivity contribution in [3.05, 3.63) is 111 Å². The van der Waals surface area contributed by atoms with Crippen molar-refractivity contribution in [1.29, 1.82) is 0 Å². The van der Waals surface area contributed by atoms with Gasteiger partial charge in [-0.1, -0.05) is 41.4 Å². The highest BCUT2D eigenvalue weighted by Crippen LogP contribution is 2.37. The minimum Gasteiger partial charge on any atom is -0.459 e. The molecule has 4 nitrogen and oxygen atoms in total. The van der Waals surface area contributed by atoms with Crippen LogP contribution in [0.5, 0.6) is 0 Å². The Balaban J connectivity index is 1.56. The first kappa shape index (κ1) is 24.9. The van der Waals surface area contributed by atoms with Gasteiger partial charge in [-0.2, -0.15) is 0 Å². The van der Waals surface area contributed by atoms with Crippen molar-refractivity contribution in [1.82, 2.24) is 4.90 Å². The largest absolute Gasteiger partial charge is 0.459 e. The molecule has 0 fully saturated rings. The van der Waals surface area contributed by atoms with E-state index in [0.717, 1.165) is 27.0 Å². The summed E-state index contributed by atoms with van der Waals surface area (Å²) in [6.45, 7) is 2.13. The van der Waals surface area contributed by atoms with Crippen molar-refractivity contribution >= 4 is 45.6 Å². The number of rotatable bonds is 6. The van der Waals surface area contributed by atoms with Gasteiger partial charge in [0.1, 0.15) is 22.8 Å². The molecule has 2 aromatic heterocycles. The fourth-order valence-electron chi connectivity index (χ4n) is 4.12. The van der Waals surface area contributed by atoms with Crippen LogP contribution in [0.4, 0.5) is 23.7 Å². The molecule has 37 heavy (non-hydrogen) atoms. The number of nitrogens with one attached hydrogen (secondary N) is 1. The fourth-order valence-corrected chi connectivity index (χ4v) is 4.96. The van der Waals surface area contributed by atoms with Crippen LogP contribution in [0.2, 0.25) is 5.02 Å². The summed E-state index contributed by atoms with van der Waals surface area (Å²) in [5.74, 6) is -2.99. The van der Waals surface area contributed by atoms with Crippen LogP contribution in [0.1, 0.15) is 16.2 Å². The van der Waals surface area contributed by atoms with E-state index in [1.165, 1.54) is 16.2 Å². The van der Waals surface area contributed by atoms with E-state index >= 15 is 0 Å². The highest BCUT2D eigenvalue weighted by molar-refractivity contribution is 7.09. The standard InChI is InChI=1S/C28H20ClF3N2O2S/c1-16-4-9-24-21(11-16)26(17-5-7-18(29)8-6-17)25(36-24)15-34(14-20-3-2-10-37-20)28(35)33-27-22(31)12-19(30)13-23(27)32/h2-13H,14-15H2,1H3,(H,33,35). The third-order valence-corrected chi connectivity index (χ3v) is 6.95. The summed E-state index contributed by atoms with van der Waals surface area (Å²) in [6.07, 6.45) is 0. The van der Waals surface area contributed by atoms with Gasteiger partial charge in [0.15, 0.2) is 11.6 Å². The van der Waals surface area contributed by atoms with E-state index in [1.807, 2.05) is 54.8 Å². The molecular weight excluding hydrogens is 521 g/mol. The van der Waals surface area contributed by atoms with Gasteiger partial charge in [0, 0.05) is 33.0 Å². The van der Waals surface area contributed by atoms with Crippen molar-refractivity contribution in [2.24, 2.45) is 0 Å². The maximum absolute atomic E-state index is 14.3. The maximum atomic E-state index is 14.3. The predicted molar refractivity (Wildman–Crippen MR) is 140 cm³/mol. The van der Waals surface area contributed by atoms with Crippen LogP contribution in [0.3, 0.4) is 0 Å². The Kier molecular flexibility index (Phi) is 6.95. The molecule has 0 radical (unpaired) electrons. The zero-order valence-electron chi connectivity index (χ0n) is 19.5. The number of benzene rings is 3. The van der Waals surface area contributed by atoms with Gasteiger partial charge in [0.05, 0.1) is 13.1 Å². The van der Waals surface area contributed by atoms with E-state index < -0.39 is 29.2 Å². The van der Waals surface area contributed by atoms with Gasteiger partial charge in [-0.3, -0.25) is 0 Å². The van der Waals surface area contributed by atoms with Crippen LogP contribution in [-0.4, -0.2) is 10.9 Å². The van der Waals surface area contributed by atoms with Gasteiger partial charge in [-0.15, -0.1) is 11.3 Å². The number of carbonyl (C=O) groups excluding carboxylic acids is 1. The fraction of sp³-hybridized carbons (Fsp3) is 0.107. The third kappa shape index (κ3) is 5.35. The molecule has 0 unspecified atom stereocenters. The van der Waals surface area contributed by atoms with Crippen LogP contribution >= 0.6 is 22.9 Å². The van der Waals surface area contributed by atoms with E-state index in [4.69, 9.17) is 16.0 Å². The summed E-state index contributed by atoms with van der Waals surface area (Å²) >= 11 is 7.54. The SMILES string of the molecule is Cc1ccc2oc(CN(Cc3cccs3)C(=O)Nc3c(F)cc(F)cc3F)c(-c3ccc(Cl)cc3)c2c1. The quantitative estimate of drug-likeness (QED) is 0.234. The Hall–Kier alpha value is -3.75. The topological polar surface area (TPSA) is 45.5 Å². The summed E-state index contributed by atoms with van der Waals surface area (Å²) in [4.78, 5) is 15.6. The molecule has 0 spiro atoms. The Bertz CT molecular complexity index is 1560. The number of hydrogen-bond donors (Lipinski definition) is 1. The van der Waals surface area contributed by atoms with Crippen LogP contribution in [0, 0.1) is 24.4 Å². The van der Waals surface area contributed by atoms with Crippen molar-refractivity contribution in [2.45, 2.75) is 20.0 Å². The van der Waals surface area contributed by atoms with Gasteiger partial charge in [-0.25, -0.2) is 18.0 Å². The van der Waals surface area contributed by atoms with Gasteiger partial charge in [0.25, 0.3) is 0 Å². The summed E-state index contributed by atoms with van der Waals surface area (Å²) in [5, 5.41) is 5.58. The molecule has 9 heteroatoms.